The van der Waals surface area contributed by atoms with Gasteiger partial charge in [0, 0.05) is 22.6 Å². The smallest absolute Gasteiger partial charge is 0.0943 e. The lowest BCUT2D eigenvalue weighted by atomic mass is 9.71. The van der Waals surface area contributed by atoms with Crippen LogP contribution in [-0.2, 0) is 11.8 Å². The van der Waals surface area contributed by atoms with E-state index in [1.165, 1.54) is 11.1 Å². The Kier molecular flexibility index (Phi) is 2.62. The quantitative estimate of drug-likeness (QED) is 0.766. The van der Waals surface area contributed by atoms with Crippen molar-refractivity contribution >= 4 is 0 Å². The van der Waals surface area contributed by atoms with Crippen molar-refractivity contribution in [3.8, 4) is 0 Å². The van der Waals surface area contributed by atoms with E-state index < -0.39 is 0 Å². The van der Waals surface area contributed by atoms with Crippen molar-refractivity contribution in [2.24, 2.45) is 5.73 Å². The van der Waals surface area contributed by atoms with Crippen LogP contribution < -0.4 is 5.73 Å². The monoisotopic (exact) mass is 248 g/mol. The van der Waals surface area contributed by atoms with E-state index in [9.17, 15) is 0 Å². The number of fused-ring (bicyclic) bond motifs is 2. The van der Waals surface area contributed by atoms with Gasteiger partial charge < -0.3 is 10.2 Å². The average Bonchev–Trinajstić information content (AvgIpc) is 2.83. The fraction of sp³-hybridized carbons (Fsp3) is 0.733. The summed E-state index contributed by atoms with van der Waals surface area (Å²) in [6, 6.07) is 0.279. The third kappa shape index (κ3) is 1.64. The number of rotatable bonds is 0. The molecule has 0 bridgehead atoms. The van der Waals surface area contributed by atoms with E-state index >= 15 is 0 Å². The maximum absolute atomic E-state index is 6.43. The Labute approximate surface area is 109 Å². The van der Waals surface area contributed by atoms with E-state index in [-0.39, 0.29) is 17.0 Å². The van der Waals surface area contributed by atoms with Crippen LogP contribution in [0.3, 0.4) is 0 Å². The summed E-state index contributed by atoms with van der Waals surface area (Å²) < 4.78 is 5.39. The molecule has 0 aromatic carbocycles. The molecule has 0 saturated carbocycles. The maximum atomic E-state index is 6.43. The number of nitrogens with two attached hydrogens (primary N) is 1. The van der Waals surface area contributed by atoms with Gasteiger partial charge in [-0.1, -0.05) is 0 Å². The van der Waals surface area contributed by atoms with Gasteiger partial charge in [0.05, 0.1) is 12.5 Å². The summed E-state index contributed by atoms with van der Waals surface area (Å²) >= 11 is 0. The van der Waals surface area contributed by atoms with E-state index in [0.29, 0.717) is 0 Å². The summed E-state index contributed by atoms with van der Waals surface area (Å²) in [5, 5.41) is 0. The number of hydrogen-bond donors (Lipinski definition) is 1. The average molecular weight is 248 g/mol. The zero-order chi connectivity index (χ0) is 13.0. The number of likely N-dealkylation sites (tertiary alicyclic amines) is 1. The van der Waals surface area contributed by atoms with E-state index in [1.54, 1.807) is 0 Å². The predicted octanol–water partition coefficient (Wildman–Crippen LogP) is 2.30. The molecule has 2 aliphatic rings. The standard InChI is InChI=1S/C15H24N2O/c1-14(2,3)17-6-4-15(5-7-17)12-10-18-9-11(12)8-13(15)16/h9-10,13H,4-8,16H2,1-3H3/t13-/m1/s1. The molecule has 3 nitrogen and oxygen atoms in total. The number of hydrogen-bond acceptors (Lipinski definition) is 3. The molecule has 18 heavy (non-hydrogen) atoms. The van der Waals surface area contributed by atoms with Gasteiger partial charge in [0.15, 0.2) is 0 Å². The highest BCUT2D eigenvalue weighted by atomic mass is 16.3. The highest BCUT2D eigenvalue weighted by Gasteiger charge is 2.48. The van der Waals surface area contributed by atoms with Crippen molar-refractivity contribution in [2.45, 2.75) is 57.0 Å². The largest absolute Gasteiger partial charge is 0.472 e. The lowest BCUT2D eigenvalue weighted by Gasteiger charge is -2.47. The van der Waals surface area contributed by atoms with Gasteiger partial charge >= 0.3 is 0 Å². The molecule has 2 N–H and O–H groups in total. The van der Waals surface area contributed by atoms with E-state index in [4.69, 9.17) is 10.2 Å². The summed E-state index contributed by atoms with van der Waals surface area (Å²) in [5.41, 5.74) is 9.62. The molecule has 1 spiro atoms. The Bertz CT molecular complexity index is 436. The molecule has 1 aromatic rings. The predicted molar refractivity (Wildman–Crippen MR) is 72.6 cm³/mol. The SMILES string of the molecule is CC(C)(C)N1CCC2(CC1)c1cocc1C[C@H]2N. The van der Waals surface area contributed by atoms with Crippen LogP contribution >= 0.6 is 0 Å². The van der Waals surface area contributed by atoms with Crippen molar-refractivity contribution in [3.63, 3.8) is 0 Å². The number of nitrogens with zero attached hydrogens (tertiary/aromatic N) is 1. The Morgan fingerprint density at radius 1 is 1.28 bits per heavy atom. The third-order valence-electron chi connectivity index (χ3n) is 5.03. The Morgan fingerprint density at radius 2 is 1.94 bits per heavy atom. The van der Waals surface area contributed by atoms with Crippen LogP contribution in [0.1, 0.15) is 44.7 Å². The minimum atomic E-state index is 0.185. The van der Waals surface area contributed by atoms with Gasteiger partial charge in [0.1, 0.15) is 0 Å². The topological polar surface area (TPSA) is 42.4 Å². The molecule has 1 atom stereocenters. The molecule has 3 heteroatoms. The first-order valence-corrected chi connectivity index (χ1v) is 7.00. The Hall–Kier alpha value is -0.800. The molecule has 1 aromatic heterocycles. The van der Waals surface area contributed by atoms with Gasteiger partial charge in [-0.3, -0.25) is 4.90 Å². The van der Waals surface area contributed by atoms with E-state index in [0.717, 1.165) is 32.4 Å². The molecule has 1 aliphatic heterocycles. The first-order chi connectivity index (χ1) is 8.43. The number of piperidine rings is 1. The zero-order valence-corrected chi connectivity index (χ0v) is 11.7. The summed E-state index contributed by atoms with van der Waals surface area (Å²) in [5.74, 6) is 0. The van der Waals surface area contributed by atoms with Gasteiger partial charge in [0.2, 0.25) is 0 Å². The lowest BCUT2D eigenvalue weighted by molar-refractivity contribution is 0.0684. The van der Waals surface area contributed by atoms with Crippen LogP contribution in [0.2, 0.25) is 0 Å². The van der Waals surface area contributed by atoms with Gasteiger partial charge in [-0.05, 0) is 58.7 Å². The molecule has 2 heterocycles. The molecule has 3 rings (SSSR count). The van der Waals surface area contributed by atoms with E-state index in [2.05, 4.69) is 25.7 Å². The van der Waals surface area contributed by atoms with Crippen molar-refractivity contribution in [2.75, 3.05) is 13.1 Å². The molecular weight excluding hydrogens is 224 g/mol. The number of furan rings is 1. The molecular formula is C15H24N2O. The second kappa shape index (κ2) is 3.84. The van der Waals surface area contributed by atoms with Gasteiger partial charge in [-0.2, -0.15) is 0 Å². The fourth-order valence-corrected chi connectivity index (χ4v) is 3.77. The van der Waals surface area contributed by atoms with Gasteiger partial charge in [-0.25, -0.2) is 0 Å². The third-order valence-corrected chi connectivity index (χ3v) is 5.03. The highest BCUT2D eigenvalue weighted by molar-refractivity contribution is 5.40. The molecule has 1 saturated heterocycles. The van der Waals surface area contributed by atoms with Gasteiger partial charge in [0.25, 0.3) is 0 Å². The minimum Gasteiger partial charge on any atom is -0.472 e. The molecule has 0 unspecified atom stereocenters. The van der Waals surface area contributed by atoms with Crippen molar-refractivity contribution < 1.29 is 4.42 Å². The van der Waals surface area contributed by atoms with Gasteiger partial charge in [-0.15, -0.1) is 0 Å². The molecule has 1 aliphatic carbocycles. The fourth-order valence-electron chi connectivity index (χ4n) is 3.77. The first kappa shape index (κ1) is 12.2. The summed E-state index contributed by atoms with van der Waals surface area (Å²) in [4.78, 5) is 2.57. The highest BCUT2D eigenvalue weighted by Crippen LogP contribution is 2.46. The maximum Gasteiger partial charge on any atom is 0.0943 e. The molecule has 100 valence electrons. The van der Waals surface area contributed by atoms with Crippen LogP contribution in [-0.4, -0.2) is 29.6 Å². The van der Waals surface area contributed by atoms with Crippen molar-refractivity contribution in [3.05, 3.63) is 23.7 Å². The molecule has 0 amide bonds. The second-order valence-electron chi connectivity index (χ2n) is 6.94. The van der Waals surface area contributed by atoms with Crippen molar-refractivity contribution in [1.29, 1.82) is 0 Å². The first-order valence-electron chi connectivity index (χ1n) is 7.00. The second-order valence-corrected chi connectivity index (χ2v) is 6.94. The lowest BCUT2D eigenvalue weighted by Crippen LogP contribution is -2.54. The summed E-state index contributed by atoms with van der Waals surface area (Å²) in [7, 11) is 0. The van der Waals surface area contributed by atoms with Crippen LogP contribution in [0.25, 0.3) is 0 Å². The van der Waals surface area contributed by atoms with Crippen LogP contribution in [0.15, 0.2) is 16.9 Å². The Morgan fingerprint density at radius 3 is 2.56 bits per heavy atom. The zero-order valence-electron chi connectivity index (χ0n) is 11.7. The Balaban J connectivity index is 1.84. The van der Waals surface area contributed by atoms with Crippen LogP contribution in [0.4, 0.5) is 0 Å². The summed E-state index contributed by atoms with van der Waals surface area (Å²) in [6.45, 7) is 9.16. The van der Waals surface area contributed by atoms with Crippen LogP contribution in [0, 0.1) is 0 Å². The minimum absolute atomic E-state index is 0.185. The van der Waals surface area contributed by atoms with Crippen molar-refractivity contribution in [1.82, 2.24) is 4.90 Å². The van der Waals surface area contributed by atoms with Crippen LogP contribution in [0.5, 0.6) is 0 Å². The molecule has 1 fully saturated rings. The summed E-state index contributed by atoms with van der Waals surface area (Å²) in [6.07, 6.45) is 7.15. The normalized spacial score (nSPS) is 27.7. The van der Waals surface area contributed by atoms with E-state index in [1.807, 2.05) is 12.5 Å². The molecule has 0 radical (unpaired) electrons.